The number of nitrogens with zero attached hydrogens (tertiary/aromatic N) is 2. The van der Waals surface area contributed by atoms with Crippen molar-refractivity contribution in [2.45, 2.75) is 39.2 Å². The van der Waals surface area contributed by atoms with E-state index in [1.807, 2.05) is 4.90 Å². The number of pyridine rings is 1. The molecule has 0 spiro atoms. The summed E-state index contributed by atoms with van der Waals surface area (Å²) < 4.78 is 0. The number of aromatic carboxylic acids is 1. The fourth-order valence-electron chi connectivity index (χ4n) is 2.73. The molecule has 1 atom stereocenters. The summed E-state index contributed by atoms with van der Waals surface area (Å²) in [4.78, 5) is 29.2. The first-order chi connectivity index (χ1) is 9.49. The number of hydrogen-bond donors (Lipinski definition) is 1. The summed E-state index contributed by atoms with van der Waals surface area (Å²) in [5.74, 6) is -0.632. The zero-order valence-electron chi connectivity index (χ0n) is 11.9. The van der Waals surface area contributed by atoms with Crippen LogP contribution < -0.4 is 0 Å². The van der Waals surface area contributed by atoms with Crippen LogP contribution in [0.1, 0.15) is 53.8 Å². The van der Waals surface area contributed by atoms with Gasteiger partial charge in [0.15, 0.2) is 0 Å². The first kappa shape index (κ1) is 14.5. The quantitative estimate of drug-likeness (QED) is 0.917. The molecule has 0 aliphatic carbocycles. The first-order valence-corrected chi connectivity index (χ1v) is 6.98. The molecule has 5 nitrogen and oxygen atoms in total. The highest BCUT2D eigenvalue weighted by atomic mass is 16.4. The van der Waals surface area contributed by atoms with E-state index in [1.54, 1.807) is 0 Å². The van der Waals surface area contributed by atoms with Gasteiger partial charge in [-0.3, -0.25) is 9.78 Å². The number of carbonyl (C=O) groups excluding carboxylic acids is 1. The Balaban J connectivity index is 2.18. The summed E-state index contributed by atoms with van der Waals surface area (Å²) in [6.45, 7) is 5.04. The van der Waals surface area contributed by atoms with Gasteiger partial charge in [-0.25, -0.2) is 4.79 Å². The van der Waals surface area contributed by atoms with Gasteiger partial charge in [0.1, 0.15) is 0 Å². The summed E-state index contributed by atoms with van der Waals surface area (Å²) >= 11 is 0. The van der Waals surface area contributed by atoms with Crippen molar-refractivity contribution in [1.29, 1.82) is 0 Å². The number of likely N-dealkylation sites (tertiary alicyclic amines) is 1. The molecule has 0 unspecified atom stereocenters. The van der Waals surface area contributed by atoms with Crippen molar-refractivity contribution in [2.24, 2.45) is 5.92 Å². The smallest absolute Gasteiger partial charge is 0.337 e. The average molecular weight is 276 g/mol. The minimum absolute atomic E-state index is 0.0513. The molecule has 1 aliphatic heterocycles. The lowest BCUT2D eigenvalue weighted by Gasteiger charge is -2.26. The number of rotatable bonds is 4. The lowest BCUT2D eigenvalue weighted by atomic mass is 10.0. The third-order valence-corrected chi connectivity index (χ3v) is 3.61. The van der Waals surface area contributed by atoms with Gasteiger partial charge in [-0.05, 0) is 31.2 Å². The predicted molar refractivity (Wildman–Crippen MR) is 74.7 cm³/mol. The zero-order valence-corrected chi connectivity index (χ0v) is 11.9. The van der Waals surface area contributed by atoms with E-state index in [-0.39, 0.29) is 17.5 Å². The molecule has 1 amide bonds. The van der Waals surface area contributed by atoms with Crippen molar-refractivity contribution >= 4 is 11.9 Å². The largest absolute Gasteiger partial charge is 0.478 e. The van der Waals surface area contributed by atoms with E-state index >= 15 is 0 Å². The van der Waals surface area contributed by atoms with E-state index in [0.29, 0.717) is 11.5 Å². The van der Waals surface area contributed by atoms with E-state index in [4.69, 9.17) is 5.11 Å². The molecule has 1 N–H and O–H groups in total. The van der Waals surface area contributed by atoms with E-state index in [0.717, 1.165) is 25.8 Å². The number of carboxylic acid groups (broad SMARTS) is 1. The third-order valence-electron chi connectivity index (χ3n) is 3.61. The summed E-state index contributed by atoms with van der Waals surface area (Å²) in [5.41, 5.74) is 0.413. The number of hydrogen-bond acceptors (Lipinski definition) is 3. The normalized spacial score (nSPS) is 18.6. The van der Waals surface area contributed by atoms with Crippen LogP contribution in [0.5, 0.6) is 0 Å². The number of carbonyl (C=O) groups is 2. The predicted octanol–water partition coefficient (Wildman–Crippen LogP) is 2.43. The van der Waals surface area contributed by atoms with Crippen LogP contribution in [0.25, 0.3) is 0 Å². The first-order valence-electron chi connectivity index (χ1n) is 6.98. The van der Waals surface area contributed by atoms with Gasteiger partial charge in [0.25, 0.3) is 5.91 Å². The SMILES string of the molecule is CC(C)C[C@H]1CCCN1C(=O)c1cncc(C(=O)O)c1. The molecule has 1 aromatic heterocycles. The Morgan fingerprint density at radius 2 is 2.10 bits per heavy atom. The molecular weight excluding hydrogens is 256 g/mol. The minimum atomic E-state index is -1.06. The number of carboxylic acids is 1. The highest BCUT2D eigenvalue weighted by molar-refractivity contribution is 5.97. The number of aromatic nitrogens is 1. The van der Waals surface area contributed by atoms with Crippen LogP contribution in [-0.2, 0) is 0 Å². The van der Waals surface area contributed by atoms with Gasteiger partial charge >= 0.3 is 5.97 Å². The number of amides is 1. The molecule has 0 bridgehead atoms. The lowest BCUT2D eigenvalue weighted by molar-refractivity contribution is 0.0696. The molecule has 1 aliphatic rings. The summed E-state index contributed by atoms with van der Waals surface area (Å²) in [5, 5.41) is 8.96. The van der Waals surface area contributed by atoms with Crippen LogP contribution in [0.4, 0.5) is 0 Å². The van der Waals surface area contributed by atoms with E-state index in [1.165, 1.54) is 18.5 Å². The van der Waals surface area contributed by atoms with E-state index in [2.05, 4.69) is 18.8 Å². The zero-order chi connectivity index (χ0) is 14.7. The molecular formula is C15H20N2O3. The second-order valence-corrected chi connectivity index (χ2v) is 5.69. The second kappa shape index (κ2) is 6.03. The Morgan fingerprint density at radius 3 is 2.75 bits per heavy atom. The summed E-state index contributed by atoms with van der Waals surface area (Å²) in [6.07, 6.45) is 5.72. The van der Waals surface area contributed by atoms with Crippen molar-refractivity contribution in [3.63, 3.8) is 0 Å². The molecule has 0 saturated carbocycles. The Labute approximate surface area is 118 Å². The third kappa shape index (κ3) is 3.15. The Kier molecular flexibility index (Phi) is 4.37. The van der Waals surface area contributed by atoms with Crippen LogP contribution in [0.2, 0.25) is 0 Å². The molecule has 5 heteroatoms. The monoisotopic (exact) mass is 276 g/mol. The fourth-order valence-corrected chi connectivity index (χ4v) is 2.73. The van der Waals surface area contributed by atoms with Crippen molar-refractivity contribution in [1.82, 2.24) is 9.88 Å². The van der Waals surface area contributed by atoms with Crippen molar-refractivity contribution in [3.8, 4) is 0 Å². The van der Waals surface area contributed by atoms with Gasteiger partial charge < -0.3 is 10.0 Å². The van der Waals surface area contributed by atoms with Gasteiger partial charge in [-0.1, -0.05) is 13.8 Å². The minimum Gasteiger partial charge on any atom is -0.478 e. The van der Waals surface area contributed by atoms with E-state index in [9.17, 15) is 9.59 Å². The maximum absolute atomic E-state index is 12.5. The Bertz CT molecular complexity index is 514. The van der Waals surface area contributed by atoms with Gasteiger partial charge in [0.05, 0.1) is 11.1 Å². The van der Waals surface area contributed by atoms with Crippen LogP contribution in [0, 0.1) is 5.92 Å². The topological polar surface area (TPSA) is 70.5 Å². The highest BCUT2D eigenvalue weighted by Gasteiger charge is 2.30. The maximum atomic E-state index is 12.5. The van der Waals surface area contributed by atoms with Crippen LogP contribution in [-0.4, -0.2) is 39.5 Å². The molecule has 1 saturated heterocycles. The highest BCUT2D eigenvalue weighted by Crippen LogP contribution is 2.25. The van der Waals surface area contributed by atoms with E-state index < -0.39 is 5.97 Å². The molecule has 2 heterocycles. The van der Waals surface area contributed by atoms with Gasteiger partial charge in [0.2, 0.25) is 0 Å². The Hall–Kier alpha value is -1.91. The lowest BCUT2D eigenvalue weighted by Crippen LogP contribution is -2.36. The average Bonchev–Trinajstić information content (AvgIpc) is 2.85. The molecule has 0 aromatic carbocycles. The van der Waals surface area contributed by atoms with Crippen LogP contribution in [0.3, 0.4) is 0 Å². The molecule has 1 fully saturated rings. The standard InChI is InChI=1S/C15H20N2O3/c1-10(2)6-13-4-3-5-17(13)14(18)11-7-12(15(19)20)9-16-8-11/h7-10,13H,3-6H2,1-2H3,(H,19,20)/t13-/m1/s1. The van der Waals surface area contributed by atoms with Crippen LogP contribution >= 0.6 is 0 Å². The van der Waals surface area contributed by atoms with Gasteiger partial charge in [-0.15, -0.1) is 0 Å². The Morgan fingerprint density at radius 1 is 1.40 bits per heavy atom. The maximum Gasteiger partial charge on any atom is 0.337 e. The molecule has 0 radical (unpaired) electrons. The molecule has 1 aromatic rings. The molecule has 2 rings (SSSR count). The fraction of sp³-hybridized carbons (Fsp3) is 0.533. The van der Waals surface area contributed by atoms with Gasteiger partial charge in [0, 0.05) is 25.0 Å². The van der Waals surface area contributed by atoms with Crippen molar-refractivity contribution in [2.75, 3.05) is 6.54 Å². The van der Waals surface area contributed by atoms with Crippen molar-refractivity contribution < 1.29 is 14.7 Å². The molecule has 108 valence electrons. The molecule has 20 heavy (non-hydrogen) atoms. The van der Waals surface area contributed by atoms with Gasteiger partial charge in [-0.2, -0.15) is 0 Å². The summed E-state index contributed by atoms with van der Waals surface area (Å²) in [6, 6.07) is 1.67. The summed E-state index contributed by atoms with van der Waals surface area (Å²) in [7, 11) is 0. The van der Waals surface area contributed by atoms with Crippen molar-refractivity contribution in [3.05, 3.63) is 29.6 Å². The second-order valence-electron chi connectivity index (χ2n) is 5.69. The van der Waals surface area contributed by atoms with Crippen LogP contribution in [0.15, 0.2) is 18.5 Å².